The Bertz CT molecular complexity index is 504. The Morgan fingerprint density at radius 3 is 2.75 bits per heavy atom. The molecule has 1 saturated carbocycles. The Balaban J connectivity index is 2.38. The Morgan fingerprint density at radius 1 is 1.55 bits per heavy atom. The monoisotopic (exact) mass is 343 g/mol. The number of aliphatic hydroxyl groups is 1. The SMILES string of the molecule is Cc1c([N+](=O)[O-])cnc(N(CCO)C2CCCC2)c1Br. The van der Waals surface area contributed by atoms with Gasteiger partial charge in [0.05, 0.1) is 16.0 Å². The Kier molecular flexibility index (Phi) is 4.93. The maximum atomic E-state index is 10.9. The molecule has 0 radical (unpaired) electrons. The summed E-state index contributed by atoms with van der Waals surface area (Å²) in [6.45, 7) is 2.24. The first-order valence-electron chi connectivity index (χ1n) is 6.73. The number of aromatic nitrogens is 1. The molecule has 1 aromatic rings. The van der Waals surface area contributed by atoms with Crippen molar-refractivity contribution in [1.29, 1.82) is 0 Å². The number of halogens is 1. The van der Waals surface area contributed by atoms with E-state index in [9.17, 15) is 15.2 Å². The second kappa shape index (κ2) is 6.49. The molecule has 0 amide bonds. The van der Waals surface area contributed by atoms with Crippen LogP contribution >= 0.6 is 15.9 Å². The topological polar surface area (TPSA) is 79.5 Å². The zero-order valence-electron chi connectivity index (χ0n) is 11.4. The van der Waals surface area contributed by atoms with Gasteiger partial charge in [0.1, 0.15) is 12.0 Å². The lowest BCUT2D eigenvalue weighted by molar-refractivity contribution is -0.385. The van der Waals surface area contributed by atoms with Crippen molar-refractivity contribution in [2.45, 2.75) is 38.6 Å². The maximum absolute atomic E-state index is 10.9. The van der Waals surface area contributed by atoms with Gasteiger partial charge in [0.2, 0.25) is 0 Å². The normalized spacial score (nSPS) is 15.6. The van der Waals surface area contributed by atoms with Gasteiger partial charge in [0.25, 0.3) is 5.69 Å². The molecule has 1 aromatic heterocycles. The van der Waals surface area contributed by atoms with Crippen LogP contribution in [0.4, 0.5) is 11.5 Å². The first kappa shape index (κ1) is 15.2. The quantitative estimate of drug-likeness (QED) is 0.656. The van der Waals surface area contributed by atoms with E-state index in [-0.39, 0.29) is 12.3 Å². The summed E-state index contributed by atoms with van der Waals surface area (Å²) in [7, 11) is 0. The molecule has 20 heavy (non-hydrogen) atoms. The third kappa shape index (κ3) is 2.93. The highest BCUT2D eigenvalue weighted by Gasteiger charge is 2.27. The van der Waals surface area contributed by atoms with E-state index in [0.717, 1.165) is 12.8 Å². The summed E-state index contributed by atoms with van der Waals surface area (Å²) in [5.41, 5.74) is 0.580. The fraction of sp³-hybridized carbons (Fsp3) is 0.615. The van der Waals surface area contributed by atoms with Crippen LogP contribution in [0.2, 0.25) is 0 Å². The van der Waals surface area contributed by atoms with Crippen LogP contribution in [0.1, 0.15) is 31.2 Å². The molecule has 6 nitrogen and oxygen atoms in total. The molecule has 110 valence electrons. The smallest absolute Gasteiger partial charge is 0.291 e. The van der Waals surface area contributed by atoms with Crippen LogP contribution in [0.3, 0.4) is 0 Å². The number of aliphatic hydroxyl groups excluding tert-OH is 1. The summed E-state index contributed by atoms with van der Waals surface area (Å²) in [4.78, 5) is 16.8. The minimum absolute atomic E-state index is 0.0102. The average molecular weight is 344 g/mol. The van der Waals surface area contributed by atoms with Gasteiger partial charge >= 0.3 is 0 Å². The predicted molar refractivity (Wildman–Crippen MR) is 80.0 cm³/mol. The van der Waals surface area contributed by atoms with E-state index < -0.39 is 4.92 Å². The second-order valence-corrected chi connectivity index (χ2v) is 5.81. The van der Waals surface area contributed by atoms with Crippen molar-refractivity contribution in [2.75, 3.05) is 18.1 Å². The van der Waals surface area contributed by atoms with Crippen LogP contribution < -0.4 is 4.90 Å². The molecule has 0 saturated heterocycles. The Labute approximate surface area is 126 Å². The highest BCUT2D eigenvalue weighted by molar-refractivity contribution is 9.10. The fourth-order valence-electron chi connectivity index (χ4n) is 2.73. The summed E-state index contributed by atoms with van der Waals surface area (Å²) in [5.74, 6) is 0.689. The molecular formula is C13H18BrN3O3. The van der Waals surface area contributed by atoms with Crippen LogP contribution in [0, 0.1) is 17.0 Å². The first-order valence-corrected chi connectivity index (χ1v) is 7.52. The number of nitrogens with zero attached hydrogens (tertiary/aromatic N) is 3. The third-order valence-corrected chi connectivity index (χ3v) is 4.74. The van der Waals surface area contributed by atoms with Gasteiger partial charge in [-0.05, 0) is 35.7 Å². The second-order valence-electron chi connectivity index (χ2n) is 5.02. The van der Waals surface area contributed by atoms with Crippen LogP contribution in [-0.2, 0) is 0 Å². The van der Waals surface area contributed by atoms with Crippen LogP contribution in [0.15, 0.2) is 10.7 Å². The molecule has 2 rings (SSSR count). The molecule has 0 aromatic carbocycles. The molecule has 1 fully saturated rings. The lowest BCUT2D eigenvalue weighted by Gasteiger charge is -2.30. The highest BCUT2D eigenvalue weighted by Crippen LogP contribution is 2.36. The van der Waals surface area contributed by atoms with Crippen molar-refractivity contribution in [3.05, 3.63) is 26.3 Å². The summed E-state index contributed by atoms with van der Waals surface area (Å²) in [5, 5.41) is 20.2. The van der Waals surface area contributed by atoms with Crippen molar-refractivity contribution in [3.63, 3.8) is 0 Å². The number of hydrogen-bond acceptors (Lipinski definition) is 5. The average Bonchev–Trinajstić information content (AvgIpc) is 2.93. The third-order valence-electron chi connectivity index (χ3n) is 3.79. The zero-order chi connectivity index (χ0) is 14.7. The summed E-state index contributed by atoms with van der Waals surface area (Å²) >= 11 is 3.43. The van der Waals surface area contributed by atoms with E-state index in [1.165, 1.54) is 19.0 Å². The van der Waals surface area contributed by atoms with Gasteiger partial charge in [-0.2, -0.15) is 0 Å². The highest BCUT2D eigenvalue weighted by atomic mass is 79.9. The largest absolute Gasteiger partial charge is 0.395 e. The van der Waals surface area contributed by atoms with Crippen molar-refractivity contribution in [1.82, 2.24) is 4.98 Å². The van der Waals surface area contributed by atoms with Gasteiger partial charge in [-0.25, -0.2) is 4.98 Å². The van der Waals surface area contributed by atoms with Gasteiger partial charge in [-0.3, -0.25) is 10.1 Å². The van der Waals surface area contributed by atoms with Crippen molar-refractivity contribution >= 4 is 27.4 Å². The minimum Gasteiger partial charge on any atom is -0.395 e. The molecule has 0 spiro atoms. The van der Waals surface area contributed by atoms with Crippen LogP contribution in [0.5, 0.6) is 0 Å². The van der Waals surface area contributed by atoms with E-state index in [1.807, 2.05) is 0 Å². The first-order chi connectivity index (χ1) is 9.56. The molecule has 0 unspecified atom stereocenters. The molecular weight excluding hydrogens is 326 g/mol. The van der Waals surface area contributed by atoms with E-state index in [1.54, 1.807) is 6.92 Å². The molecule has 1 aliphatic rings. The molecule has 1 N–H and O–H groups in total. The summed E-state index contributed by atoms with van der Waals surface area (Å²) in [6, 6.07) is 0.354. The summed E-state index contributed by atoms with van der Waals surface area (Å²) in [6.07, 6.45) is 5.80. The van der Waals surface area contributed by atoms with Crippen molar-refractivity contribution in [3.8, 4) is 0 Å². The molecule has 0 bridgehead atoms. The Hall–Kier alpha value is -1.21. The van der Waals surface area contributed by atoms with Crippen LogP contribution in [-0.4, -0.2) is 34.2 Å². The molecule has 1 aliphatic carbocycles. The standard InChI is InChI=1S/C13H18BrN3O3/c1-9-11(17(19)20)8-15-13(12(9)14)16(6-7-18)10-4-2-3-5-10/h8,10,18H,2-7H2,1H3. The summed E-state index contributed by atoms with van der Waals surface area (Å²) < 4.78 is 0.645. The number of hydrogen-bond donors (Lipinski definition) is 1. The molecule has 1 heterocycles. The Morgan fingerprint density at radius 2 is 2.20 bits per heavy atom. The predicted octanol–water partition coefficient (Wildman–Crippen LogP) is 2.80. The van der Waals surface area contributed by atoms with Gasteiger partial charge in [0, 0.05) is 18.2 Å². The lowest BCUT2D eigenvalue weighted by atomic mass is 10.2. The van der Waals surface area contributed by atoms with Gasteiger partial charge in [0.15, 0.2) is 0 Å². The number of pyridine rings is 1. The van der Waals surface area contributed by atoms with Gasteiger partial charge < -0.3 is 10.0 Å². The number of anilines is 1. The molecule has 0 aliphatic heterocycles. The lowest BCUT2D eigenvalue weighted by Crippen LogP contribution is -2.36. The molecule has 7 heteroatoms. The van der Waals surface area contributed by atoms with E-state index in [4.69, 9.17) is 0 Å². The van der Waals surface area contributed by atoms with E-state index >= 15 is 0 Å². The van der Waals surface area contributed by atoms with Crippen LogP contribution in [0.25, 0.3) is 0 Å². The fourth-order valence-corrected chi connectivity index (χ4v) is 3.26. The van der Waals surface area contributed by atoms with E-state index in [2.05, 4.69) is 25.8 Å². The van der Waals surface area contributed by atoms with Crippen molar-refractivity contribution in [2.24, 2.45) is 0 Å². The van der Waals surface area contributed by atoms with E-state index in [0.29, 0.717) is 28.4 Å². The van der Waals surface area contributed by atoms with Gasteiger partial charge in [-0.1, -0.05) is 12.8 Å². The maximum Gasteiger partial charge on any atom is 0.291 e. The van der Waals surface area contributed by atoms with Crippen molar-refractivity contribution < 1.29 is 10.0 Å². The number of rotatable bonds is 5. The van der Waals surface area contributed by atoms with Gasteiger partial charge in [-0.15, -0.1) is 0 Å². The minimum atomic E-state index is -0.428. The molecule has 0 atom stereocenters. The zero-order valence-corrected chi connectivity index (χ0v) is 13.0. The number of nitro groups is 1.